The van der Waals surface area contributed by atoms with E-state index in [1.165, 1.54) is 5.56 Å². The first-order chi connectivity index (χ1) is 8.66. The van der Waals surface area contributed by atoms with Crippen molar-refractivity contribution in [3.05, 3.63) is 17.0 Å². The minimum absolute atomic E-state index is 0.135. The molecule has 0 amide bonds. The Morgan fingerprint density at radius 1 is 1.11 bits per heavy atom. The Bertz CT molecular complexity index is 415. The maximum absolute atomic E-state index is 6.28. The van der Waals surface area contributed by atoms with E-state index in [0.717, 1.165) is 23.0 Å². The lowest BCUT2D eigenvalue weighted by atomic mass is 9.87. The number of aromatic nitrogens is 2. The molecule has 0 fully saturated rings. The number of hydrogen-bond acceptors (Lipinski definition) is 4. The Morgan fingerprint density at radius 3 is 1.95 bits per heavy atom. The molecule has 3 nitrogen and oxygen atoms in total. The molecule has 2 N–H and O–H groups in total. The fourth-order valence-corrected chi connectivity index (χ4v) is 3.36. The summed E-state index contributed by atoms with van der Waals surface area (Å²) >= 11 is 1.72. The second-order valence-corrected chi connectivity index (χ2v) is 7.39. The molecular formula is C15H27N3S. The summed E-state index contributed by atoms with van der Waals surface area (Å²) < 4.78 is 0. The average Bonchev–Trinajstić information content (AvgIpc) is 2.30. The first kappa shape index (κ1) is 16.4. The Morgan fingerprint density at radius 2 is 1.58 bits per heavy atom. The van der Waals surface area contributed by atoms with Crippen molar-refractivity contribution in [2.75, 3.05) is 0 Å². The van der Waals surface area contributed by atoms with Crippen LogP contribution in [0.25, 0.3) is 0 Å². The highest BCUT2D eigenvalue weighted by Crippen LogP contribution is 2.36. The maximum atomic E-state index is 6.28. The molecule has 0 aromatic carbocycles. The molecule has 2 unspecified atom stereocenters. The van der Waals surface area contributed by atoms with Crippen molar-refractivity contribution in [3.8, 4) is 0 Å². The maximum Gasteiger partial charge on any atom is 0.188 e. The highest BCUT2D eigenvalue weighted by Gasteiger charge is 2.31. The molecule has 1 aromatic heterocycles. The normalized spacial score (nSPS) is 15.4. The molecule has 0 aliphatic rings. The summed E-state index contributed by atoms with van der Waals surface area (Å²) in [4.78, 5) is 9.20. The van der Waals surface area contributed by atoms with Gasteiger partial charge in [0.15, 0.2) is 5.16 Å². The van der Waals surface area contributed by atoms with E-state index in [0.29, 0.717) is 5.25 Å². The molecule has 0 aliphatic heterocycles. The third-order valence-corrected chi connectivity index (χ3v) is 5.26. The molecule has 1 heterocycles. The van der Waals surface area contributed by atoms with E-state index in [-0.39, 0.29) is 11.5 Å². The largest absolute Gasteiger partial charge is 0.327 e. The number of rotatable bonds is 4. The Kier molecular flexibility index (Phi) is 5.39. The quantitative estimate of drug-likeness (QED) is 0.676. The monoisotopic (exact) mass is 281 g/mol. The zero-order chi connectivity index (χ0) is 14.8. The van der Waals surface area contributed by atoms with Gasteiger partial charge in [0, 0.05) is 22.7 Å². The van der Waals surface area contributed by atoms with Crippen LogP contribution in [0.4, 0.5) is 0 Å². The molecular weight excluding hydrogens is 254 g/mol. The molecule has 2 atom stereocenters. The molecule has 0 spiro atoms. The van der Waals surface area contributed by atoms with E-state index < -0.39 is 0 Å². The molecule has 1 aromatic rings. The highest BCUT2D eigenvalue weighted by atomic mass is 32.2. The minimum Gasteiger partial charge on any atom is -0.327 e. The van der Waals surface area contributed by atoms with Crippen LogP contribution in [0.3, 0.4) is 0 Å². The summed E-state index contributed by atoms with van der Waals surface area (Å²) in [6.07, 6.45) is 0.971. The van der Waals surface area contributed by atoms with Gasteiger partial charge < -0.3 is 5.73 Å². The lowest BCUT2D eigenvalue weighted by Gasteiger charge is -2.33. The van der Waals surface area contributed by atoms with Gasteiger partial charge in [-0.1, -0.05) is 39.5 Å². The van der Waals surface area contributed by atoms with E-state index in [2.05, 4.69) is 44.6 Å². The lowest BCUT2D eigenvalue weighted by molar-refractivity contribution is 0.349. The number of hydrogen-bond donors (Lipinski definition) is 1. The van der Waals surface area contributed by atoms with E-state index >= 15 is 0 Å². The number of nitrogens with zero attached hydrogens (tertiary/aromatic N) is 2. The van der Waals surface area contributed by atoms with Crippen LogP contribution in [0.2, 0.25) is 0 Å². The van der Waals surface area contributed by atoms with Crippen LogP contribution in [0.1, 0.15) is 51.1 Å². The third kappa shape index (κ3) is 4.18. The minimum atomic E-state index is 0.135. The fourth-order valence-electron chi connectivity index (χ4n) is 2.03. The van der Waals surface area contributed by atoms with Gasteiger partial charge in [0.2, 0.25) is 0 Å². The summed E-state index contributed by atoms with van der Waals surface area (Å²) in [6, 6.07) is 0.163. The van der Waals surface area contributed by atoms with Gasteiger partial charge in [-0.15, -0.1) is 0 Å². The van der Waals surface area contributed by atoms with Gasteiger partial charge in [0.25, 0.3) is 0 Å². The van der Waals surface area contributed by atoms with Crippen LogP contribution in [0, 0.1) is 26.2 Å². The Balaban J connectivity index is 3.04. The number of thioether (sulfide) groups is 1. The molecule has 0 bridgehead atoms. The van der Waals surface area contributed by atoms with Crippen molar-refractivity contribution in [2.24, 2.45) is 11.1 Å². The van der Waals surface area contributed by atoms with Crippen LogP contribution >= 0.6 is 11.8 Å². The van der Waals surface area contributed by atoms with Crippen molar-refractivity contribution >= 4 is 11.8 Å². The summed E-state index contributed by atoms with van der Waals surface area (Å²) in [5.74, 6) is 0. The molecule has 4 heteroatoms. The fraction of sp³-hybridized carbons (Fsp3) is 0.733. The van der Waals surface area contributed by atoms with Crippen molar-refractivity contribution in [3.63, 3.8) is 0 Å². The summed E-state index contributed by atoms with van der Waals surface area (Å²) in [5.41, 5.74) is 9.72. The molecule has 1 rings (SSSR count). The van der Waals surface area contributed by atoms with Crippen LogP contribution in [-0.2, 0) is 0 Å². The Hall–Kier alpha value is -0.610. The summed E-state index contributed by atoms with van der Waals surface area (Å²) in [7, 11) is 0. The van der Waals surface area contributed by atoms with Gasteiger partial charge in [-0.05, 0) is 38.2 Å². The number of nitrogens with two attached hydrogens (primary N) is 1. The second-order valence-electron chi connectivity index (χ2n) is 6.28. The van der Waals surface area contributed by atoms with Crippen LogP contribution in [0.5, 0.6) is 0 Å². The SMILES string of the molecule is CCC(N)C(Sc1nc(C)c(C)c(C)n1)C(C)(C)C. The smallest absolute Gasteiger partial charge is 0.188 e. The summed E-state index contributed by atoms with van der Waals surface area (Å²) in [6.45, 7) is 15.0. The molecule has 0 saturated carbocycles. The number of aryl methyl sites for hydroxylation is 2. The van der Waals surface area contributed by atoms with Gasteiger partial charge in [-0.25, -0.2) is 9.97 Å². The van der Waals surface area contributed by atoms with Gasteiger partial charge in [0.1, 0.15) is 0 Å². The average molecular weight is 281 g/mol. The Labute approximate surface area is 121 Å². The predicted molar refractivity (Wildman–Crippen MR) is 83.6 cm³/mol. The van der Waals surface area contributed by atoms with Gasteiger partial charge in [-0.3, -0.25) is 0 Å². The van der Waals surface area contributed by atoms with Crippen LogP contribution in [-0.4, -0.2) is 21.3 Å². The van der Waals surface area contributed by atoms with Crippen molar-refractivity contribution in [2.45, 2.75) is 71.3 Å². The molecule has 108 valence electrons. The van der Waals surface area contributed by atoms with E-state index in [4.69, 9.17) is 5.73 Å². The van der Waals surface area contributed by atoms with E-state index in [9.17, 15) is 0 Å². The molecule has 19 heavy (non-hydrogen) atoms. The molecule has 0 radical (unpaired) electrons. The van der Waals surface area contributed by atoms with Crippen molar-refractivity contribution in [1.29, 1.82) is 0 Å². The van der Waals surface area contributed by atoms with Gasteiger partial charge >= 0.3 is 0 Å². The van der Waals surface area contributed by atoms with Crippen LogP contribution in [0.15, 0.2) is 5.16 Å². The zero-order valence-electron chi connectivity index (χ0n) is 13.2. The topological polar surface area (TPSA) is 51.8 Å². The summed E-state index contributed by atoms with van der Waals surface area (Å²) in [5, 5.41) is 1.17. The predicted octanol–water partition coefficient (Wildman–Crippen LogP) is 3.65. The first-order valence-electron chi connectivity index (χ1n) is 6.90. The molecule has 0 aliphatic carbocycles. The van der Waals surface area contributed by atoms with Gasteiger partial charge in [-0.2, -0.15) is 0 Å². The molecule has 0 saturated heterocycles. The standard InChI is InChI=1S/C15H27N3S/c1-8-12(16)13(15(5,6)7)19-14-17-10(3)9(2)11(4)18-14/h12-13H,8,16H2,1-7H3. The lowest BCUT2D eigenvalue weighted by Crippen LogP contribution is -2.40. The van der Waals surface area contributed by atoms with Crippen molar-refractivity contribution < 1.29 is 0 Å². The van der Waals surface area contributed by atoms with Crippen LogP contribution < -0.4 is 5.73 Å². The zero-order valence-corrected chi connectivity index (χ0v) is 14.1. The van der Waals surface area contributed by atoms with Gasteiger partial charge in [0.05, 0.1) is 0 Å². The second kappa shape index (κ2) is 6.23. The third-order valence-electron chi connectivity index (χ3n) is 3.56. The van der Waals surface area contributed by atoms with E-state index in [1.54, 1.807) is 11.8 Å². The first-order valence-corrected chi connectivity index (χ1v) is 7.78. The van der Waals surface area contributed by atoms with E-state index in [1.807, 2.05) is 13.8 Å². The highest BCUT2D eigenvalue weighted by molar-refractivity contribution is 7.99. The van der Waals surface area contributed by atoms with Crippen molar-refractivity contribution in [1.82, 2.24) is 9.97 Å².